The molecule has 1 aromatic carbocycles. The van der Waals surface area contributed by atoms with Crippen LogP contribution in [0, 0.1) is 5.95 Å². The first kappa shape index (κ1) is 13.9. The number of pyridine rings is 1. The van der Waals surface area contributed by atoms with Gasteiger partial charge in [-0.05, 0) is 29.8 Å². The molecule has 1 aliphatic rings. The summed E-state index contributed by atoms with van der Waals surface area (Å²) in [6.07, 6.45) is 3.80. The first-order chi connectivity index (χ1) is 10.6. The van der Waals surface area contributed by atoms with Gasteiger partial charge in [-0.25, -0.2) is 9.88 Å². The maximum atomic E-state index is 13.3. The van der Waals surface area contributed by atoms with E-state index in [0.717, 1.165) is 10.5 Å². The standard InChI is InChI=1S/C16H11FN2O3/c17-16-13(2-1-9-18-16)22-10-11-3-5-12(6-4-11)19-14(20)7-8-15(19)21/h1-9H,10H2/i17-1. The molecule has 2 aromatic rings. The Morgan fingerprint density at radius 2 is 1.73 bits per heavy atom. The van der Waals surface area contributed by atoms with Gasteiger partial charge in [0.25, 0.3) is 17.8 Å². The van der Waals surface area contributed by atoms with Crippen molar-refractivity contribution in [1.29, 1.82) is 0 Å². The topological polar surface area (TPSA) is 59.5 Å². The monoisotopic (exact) mass is 297 g/mol. The molecule has 0 saturated heterocycles. The molecule has 6 heteroatoms. The van der Waals surface area contributed by atoms with Gasteiger partial charge < -0.3 is 4.74 Å². The predicted molar refractivity (Wildman–Crippen MR) is 76.6 cm³/mol. The zero-order chi connectivity index (χ0) is 15.5. The summed E-state index contributed by atoms with van der Waals surface area (Å²) >= 11 is 0. The highest BCUT2D eigenvalue weighted by Crippen LogP contribution is 2.20. The number of anilines is 1. The Bertz CT molecular complexity index is 738. The minimum Gasteiger partial charge on any atom is -0.484 e. The van der Waals surface area contributed by atoms with E-state index in [1.807, 2.05) is 0 Å². The molecule has 5 nitrogen and oxygen atoms in total. The summed E-state index contributed by atoms with van der Waals surface area (Å²) in [5.74, 6) is -1.34. The molecule has 3 rings (SSSR count). The summed E-state index contributed by atoms with van der Waals surface area (Å²) in [5, 5.41) is 0. The van der Waals surface area contributed by atoms with Crippen LogP contribution < -0.4 is 9.64 Å². The number of rotatable bonds is 4. The van der Waals surface area contributed by atoms with Crippen molar-refractivity contribution in [2.24, 2.45) is 0 Å². The Balaban J connectivity index is 1.69. The summed E-state index contributed by atoms with van der Waals surface area (Å²) in [7, 11) is 0. The lowest BCUT2D eigenvalue weighted by atomic mass is 10.2. The number of hydrogen-bond donors (Lipinski definition) is 0. The molecule has 0 radical (unpaired) electrons. The molecular weight excluding hydrogens is 286 g/mol. The average Bonchev–Trinajstić information content (AvgIpc) is 2.86. The number of hydrogen-bond acceptors (Lipinski definition) is 4. The van der Waals surface area contributed by atoms with E-state index in [9.17, 15) is 14.0 Å². The average molecular weight is 297 g/mol. The van der Waals surface area contributed by atoms with E-state index >= 15 is 0 Å². The highest BCUT2D eigenvalue weighted by atomic mass is 18.2. The second-order valence-electron chi connectivity index (χ2n) is 4.59. The van der Waals surface area contributed by atoms with E-state index < -0.39 is 5.95 Å². The number of benzene rings is 1. The van der Waals surface area contributed by atoms with Crippen LogP contribution in [-0.2, 0) is 16.2 Å². The molecule has 0 bridgehead atoms. The molecule has 0 unspecified atom stereocenters. The SMILES string of the molecule is O=C1C=CC(=O)N1c1ccc(COc2cccnc2[18F])cc1. The number of carbonyl (C=O) groups is 2. The second-order valence-corrected chi connectivity index (χ2v) is 4.59. The summed E-state index contributed by atoms with van der Waals surface area (Å²) in [6.45, 7) is 0.156. The van der Waals surface area contributed by atoms with Crippen LogP contribution in [0.4, 0.5) is 10.1 Å². The third-order valence-electron chi connectivity index (χ3n) is 3.12. The third kappa shape index (κ3) is 2.71. The predicted octanol–water partition coefficient (Wildman–Crippen LogP) is 2.23. The summed E-state index contributed by atoms with van der Waals surface area (Å²) in [4.78, 5) is 27.7. The maximum Gasteiger partial charge on any atom is 0.258 e. The van der Waals surface area contributed by atoms with Crippen LogP contribution in [0.1, 0.15) is 5.56 Å². The number of imide groups is 1. The van der Waals surface area contributed by atoms with E-state index in [-0.39, 0.29) is 24.2 Å². The van der Waals surface area contributed by atoms with Crippen LogP contribution in [-0.4, -0.2) is 16.8 Å². The van der Waals surface area contributed by atoms with Gasteiger partial charge >= 0.3 is 0 Å². The van der Waals surface area contributed by atoms with Crippen molar-refractivity contribution in [3.05, 3.63) is 66.3 Å². The van der Waals surface area contributed by atoms with Crippen LogP contribution in [0.2, 0.25) is 0 Å². The zero-order valence-corrected chi connectivity index (χ0v) is 11.4. The largest absolute Gasteiger partial charge is 0.484 e. The fraction of sp³-hybridized carbons (Fsp3) is 0.0625. The molecule has 0 N–H and O–H groups in total. The van der Waals surface area contributed by atoms with Gasteiger partial charge in [0.15, 0.2) is 5.75 Å². The number of carbonyl (C=O) groups excluding carboxylic acids is 2. The molecule has 22 heavy (non-hydrogen) atoms. The van der Waals surface area contributed by atoms with Crippen LogP contribution in [0.15, 0.2) is 54.7 Å². The van der Waals surface area contributed by atoms with Gasteiger partial charge in [0, 0.05) is 18.3 Å². The summed E-state index contributed by atoms with van der Waals surface area (Å²) < 4.78 is 18.7. The second kappa shape index (κ2) is 5.77. The minimum absolute atomic E-state index is 0.0701. The van der Waals surface area contributed by atoms with Gasteiger partial charge in [-0.2, -0.15) is 4.39 Å². The first-order valence-electron chi connectivity index (χ1n) is 6.53. The van der Waals surface area contributed by atoms with Crippen molar-refractivity contribution in [2.75, 3.05) is 4.90 Å². The number of amides is 2. The molecule has 0 fully saturated rings. The number of aromatic nitrogens is 1. The van der Waals surface area contributed by atoms with Gasteiger partial charge in [0.1, 0.15) is 6.61 Å². The fourth-order valence-corrected chi connectivity index (χ4v) is 2.04. The molecule has 0 saturated carbocycles. The van der Waals surface area contributed by atoms with Crippen molar-refractivity contribution < 1.29 is 18.7 Å². The van der Waals surface area contributed by atoms with E-state index in [0.29, 0.717) is 5.69 Å². The normalized spacial score (nSPS) is 13.8. The van der Waals surface area contributed by atoms with Crippen molar-refractivity contribution >= 4 is 17.5 Å². The van der Waals surface area contributed by atoms with Crippen LogP contribution >= 0.6 is 0 Å². The van der Waals surface area contributed by atoms with Crippen molar-refractivity contribution in [3.63, 3.8) is 0 Å². The molecule has 1 aliphatic heterocycles. The Kier molecular flexibility index (Phi) is 3.65. The van der Waals surface area contributed by atoms with E-state index in [2.05, 4.69) is 4.98 Å². The molecule has 110 valence electrons. The lowest BCUT2D eigenvalue weighted by molar-refractivity contribution is -0.119. The number of ether oxygens (including phenoxy) is 1. The van der Waals surface area contributed by atoms with Gasteiger partial charge in [0.2, 0.25) is 0 Å². The molecular formula is C16H11FN2O3. The molecule has 1 aromatic heterocycles. The summed E-state index contributed by atoms with van der Waals surface area (Å²) in [6, 6.07) is 9.77. The van der Waals surface area contributed by atoms with Crippen molar-refractivity contribution in [2.45, 2.75) is 6.61 Å². The lowest BCUT2D eigenvalue weighted by Gasteiger charge is -2.14. The van der Waals surface area contributed by atoms with Gasteiger partial charge in [-0.3, -0.25) is 9.59 Å². The smallest absolute Gasteiger partial charge is 0.258 e. The summed E-state index contributed by atoms with van der Waals surface area (Å²) in [5.41, 5.74) is 1.26. The Morgan fingerprint density at radius 3 is 2.36 bits per heavy atom. The number of halogens is 1. The van der Waals surface area contributed by atoms with E-state index in [1.165, 1.54) is 24.4 Å². The lowest BCUT2D eigenvalue weighted by Crippen LogP contribution is -2.29. The zero-order valence-electron chi connectivity index (χ0n) is 11.4. The van der Waals surface area contributed by atoms with Gasteiger partial charge in [0.05, 0.1) is 5.69 Å². The Hall–Kier alpha value is -3.02. The van der Waals surface area contributed by atoms with Crippen LogP contribution in [0.3, 0.4) is 0 Å². The fourth-order valence-electron chi connectivity index (χ4n) is 2.04. The quantitative estimate of drug-likeness (QED) is 0.641. The minimum atomic E-state index is -0.668. The molecule has 2 heterocycles. The third-order valence-corrected chi connectivity index (χ3v) is 3.12. The van der Waals surface area contributed by atoms with Gasteiger partial charge in [-0.15, -0.1) is 0 Å². The molecule has 0 spiro atoms. The molecule has 2 amide bonds. The van der Waals surface area contributed by atoms with Crippen molar-refractivity contribution in [3.8, 4) is 5.75 Å². The van der Waals surface area contributed by atoms with Crippen molar-refractivity contribution in [1.82, 2.24) is 4.98 Å². The van der Waals surface area contributed by atoms with Gasteiger partial charge in [-0.1, -0.05) is 12.1 Å². The first-order valence-corrected chi connectivity index (χ1v) is 6.53. The Morgan fingerprint density at radius 1 is 1.05 bits per heavy atom. The Labute approximate surface area is 125 Å². The molecule has 0 atom stereocenters. The highest BCUT2D eigenvalue weighted by Gasteiger charge is 2.24. The maximum absolute atomic E-state index is 13.3. The highest BCUT2D eigenvalue weighted by molar-refractivity contribution is 6.28. The van der Waals surface area contributed by atoms with E-state index in [4.69, 9.17) is 4.74 Å². The van der Waals surface area contributed by atoms with Crippen LogP contribution in [0.5, 0.6) is 5.75 Å². The molecule has 0 aliphatic carbocycles. The van der Waals surface area contributed by atoms with E-state index in [1.54, 1.807) is 30.3 Å². The number of nitrogens with zero attached hydrogens (tertiary/aromatic N) is 2. The van der Waals surface area contributed by atoms with Crippen LogP contribution in [0.25, 0.3) is 0 Å².